The Bertz CT molecular complexity index is 370. The number of amides is 1. The molecule has 0 radical (unpaired) electrons. The van der Waals surface area contributed by atoms with E-state index in [1.165, 1.54) is 0 Å². The summed E-state index contributed by atoms with van der Waals surface area (Å²) < 4.78 is 25.8. The van der Waals surface area contributed by atoms with Gasteiger partial charge in [0.05, 0.1) is 52.9 Å². The van der Waals surface area contributed by atoms with Crippen molar-refractivity contribution in [3.8, 4) is 0 Å². The van der Waals surface area contributed by atoms with Crippen molar-refractivity contribution in [2.45, 2.75) is 20.8 Å². The number of nitrogens with one attached hydrogen (secondary N) is 1. The van der Waals surface area contributed by atoms with E-state index in [0.29, 0.717) is 52.8 Å². The van der Waals surface area contributed by atoms with E-state index in [9.17, 15) is 9.59 Å². The molecule has 0 aliphatic rings. The number of hydrogen-bond donors (Lipinski definition) is 2. The summed E-state index contributed by atoms with van der Waals surface area (Å²) in [6.45, 7) is 9.48. The lowest BCUT2D eigenvalue weighted by Gasteiger charge is -2.18. The van der Waals surface area contributed by atoms with Gasteiger partial charge >= 0.3 is 5.97 Å². The third-order valence-electron chi connectivity index (χ3n) is 2.76. The summed E-state index contributed by atoms with van der Waals surface area (Å²) in [6, 6.07) is 0. The fourth-order valence-corrected chi connectivity index (χ4v) is 1.52. The number of hydrogen-bond acceptors (Lipinski definition) is 7. The molecular formula is C17H33NO8. The molecule has 154 valence electrons. The van der Waals surface area contributed by atoms with Gasteiger partial charge in [0.25, 0.3) is 0 Å². The van der Waals surface area contributed by atoms with Crippen molar-refractivity contribution in [2.24, 2.45) is 5.41 Å². The second kappa shape index (κ2) is 16.0. The van der Waals surface area contributed by atoms with Crippen molar-refractivity contribution < 1.29 is 38.4 Å². The minimum absolute atomic E-state index is 0.0312. The molecule has 9 nitrogen and oxygen atoms in total. The molecule has 0 unspecified atom stereocenters. The van der Waals surface area contributed by atoms with Gasteiger partial charge in [-0.15, -0.1) is 0 Å². The van der Waals surface area contributed by atoms with Crippen LogP contribution in [-0.4, -0.2) is 89.6 Å². The molecule has 0 aromatic rings. The largest absolute Gasteiger partial charge is 0.480 e. The topological polar surface area (TPSA) is 113 Å². The van der Waals surface area contributed by atoms with Gasteiger partial charge < -0.3 is 34.1 Å². The first-order valence-corrected chi connectivity index (χ1v) is 8.68. The molecule has 0 heterocycles. The molecular weight excluding hydrogens is 346 g/mol. The molecule has 0 aliphatic carbocycles. The quantitative estimate of drug-likeness (QED) is 0.347. The van der Waals surface area contributed by atoms with Gasteiger partial charge in [-0.1, -0.05) is 20.8 Å². The number of rotatable bonds is 17. The zero-order chi connectivity index (χ0) is 19.7. The van der Waals surface area contributed by atoms with E-state index in [4.69, 9.17) is 28.8 Å². The molecule has 0 saturated carbocycles. The number of carboxylic acids is 1. The van der Waals surface area contributed by atoms with Crippen LogP contribution in [0.3, 0.4) is 0 Å². The standard InChI is InChI=1S/C17H33NO8/c1-17(2,3)14-18-15(19)12-25-10-8-23-6-4-22-5-7-24-9-11-26-13-16(20)21/h4-14H2,1-3H3,(H,18,19)(H,20,21). The first kappa shape index (κ1) is 24.7. The van der Waals surface area contributed by atoms with Gasteiger partial charge in [0, 0.05) is 6.54 Å². The zero-order valence-electron chi connectivity index (χ0n) is 16.1. The fraction of sp³-hybridized carbons (Fsp3) is 0.882. The van der Waals surface area contributed by atoms with E-state index >= 15 is 0 Å². The van der Waals surface area contributed by atoms with Crippen molar-refractivity contribution in [3.63, 3.8) is 0 Å². The van der Waals surface area contributed by atoms with Gasteiger partial charge in [-0.3, -0.25) is 4.79 Å². The van der Waals surface area contributed by atoms with Gasteiger partial charge in [-0.25, -0.2) is 4.79 Å². The second-order valence-electron chi connectivity index (χ2n) is 6.67. The van der Waals surface area contributed by atoms with Crippen LogP contribution in [0.15, 0.2) is 0 Å². The summed E-state index contributed by atoms with van der Waals surface area (Å²) >= 11 is 0. The minimum Gasteiger partial charge on any atom is -0.480 e. The van der Waals surface area contributed by atoms with Crippen molar-refractivity contribution >= 4 is 11.9 Å². The Morgan fingerprint density at radius 1 is 0.731 bits per heavy atom. The predicted octanol–water partition coefficient (Wildman–Crippen LogP) is 0.316. The van der Waals surface area contributed by atoms with E-state index in [2.05, 4.69) is 5.32 Å². The van der Waals surface area contributed by atoms with Gasteiger partial charge in [-0.05, 0) is 5.41 Å². The number of aliphatic carboxylic acids is 1. The summed E-state index contributed by atoms with van der Waals surface area (Å²) in [5, 5.41) is 11.2. The Balaban J connectivity index is 3.18. The van der Waals surface area contributed by atoms with Gasteiger partial charge in [0.15, 0.2) is 0 Å². The Hall–Kier alpha value is -1.26. The number of carboxylic acid groups (broad SMARTS) is 1. The van der Waals surface area contributed by atoms with Crippen LogP contribution in [-0.2, 0) is 33.3 Å². The highest BCUT2D eigenvalue weighted by Crippen LogP contribution is 2.09. The van der Waals surface area contributed by atoms with Crippen molar-refractivity contribution in [3.05, 3.63) is 0 Å². The van der Waals surface area contributed by atoms with Crippen molar-refractivity contribution in [1.29, 1.82) is 0 Å². The van der Waals surface area contributed by atoms with Crippen LogP contribution in [0.2, 0.25) is 0 Å². The molecule has 2 N–H and O–H groups in total. The molecule has 0 aliphatic heterocycles. The first-order chi connectivity index (χ1) is 12.3. The monoisotopic (exact) mass is 379 g/mol. The predicted molar refractivity (Wildman–Crippen MR) is 94.2 cm³/mol. The average molecular weight is 379 g/mol. The molecule has 1 amide bonds. The maximum atomic E-state index is 11.5. The average Bonchev–Trinajstić information content (AvgIpc) is 2.55. The van der Waals surface area contributed by atoms with Crippen molar-refractivity contribution in [2.75, 3.05) is 72.6 Å². The summed E-state index contributed by atoms with van der Waals surface area (Å²) in [4.78, 5) is 21.7. The number of ether oxygens (including phenoxy) is 5. The van der Waals surface area contributed by atoms with Crippen LogP contribution < -0.4 is 5.32 Å². The number of carbonyl (C=O) groups excluding carboxylic acids is 1. The highest BCUT2D eigenvalue weighted by Gasteiger charge is 2.11. The highest BCUT2D eigenvalue weighted by atomic mass is 16.6. The minimum atomic E-state index is -0.998. The molecule has 26 heavy (non-hydrogen) atoms. The van der Waals surface area contributed by atoms with Gasteiger partial charge in [0.1, 0.15) is 13.2 Å². The molecule has 0 saturated heterocycles. The number of carbonyl (C=O) groups is 2. The maximum absolute atomic E-state index is 11.5. The van der Waals surface area contributed by atoms with Crippen LogP contribution >= 0.6 is 0 Å². The van der Waals surface area contributed by atoms with Crippen LogP contribution in [0.4, 0.5) is 0 Å². The highest BCUT2D eigenvalue weighted by molar-refractivity contribution is 5.77. The van der Waals surface area contributed by atoms with Crippen LogP contribution in [0.25, 0.3) is 0 Å². The van der Waals surface area contributed by atoms with Gasteiger partial charge in [-0.2, -0.15) is 0 Å². The van der Waals surface area contributed by atoms with Crippen LogP contribution in [0.1, 0.15) is 20.8 Å². The van der Waals surface area contributed by atoms with Crippen molar-refractivity contribution in [1.82, 2.24) is 5.32 Å². The van der Waals surface area contributed by atoms with Crippen LogP contribution in [0, 0.1) is 5.41 Å². The summed E-state index contributed by atoms with van der Waals surface area (Å²) in [5.41, 5.74) is 0.0535. The Morgan fingerprint density at radius 3 is 1.50 bits per heavy atom. The molecule has 9 heteroatoms. The fourth-order valence-electron chi connectivity index (χ4n) is 1.52. The maximum Gasteiger partial charge on any atom is 0.329 e. The van der Waals surface area contributed by atoms with E-state index in [-0.39, 0.29) is 31.1 Å². The van der Waals surface area contributed by atoms with E-state index in [1.807, 2.05) is 20.8 Å². The lowest BCUT2D eigenvalue weighted by Crippen LogP contribution is -2.34. The summed E-state index contributed by atoms with van der Waals surface area (Å²) in [5.74, 6) is -1.13. The molecule has 0 rings (SSSR count). The molecule has 0 aromatic heterocycles. The normalized spacial score (nSPS) is 11.5. The van der Waals surface area contributed by atoms with E-state index < -0.39 is 5.97 Å². The summed E-state index contributed by atoms with van der Waals surface area (Å²) in [6.07, 6.45) is 0. The Kier molecular flexibility index (Phi) is 15.2. The third-order valence-corrected chi connectivity index (χ3v) is 2.76. The lowest BCUT2D eigenvalue weighted by molar-refractivity contribution is -0.142. The Labute approximate surface area is 155 Å². The Morgan fingerprint density at radius 2 is 1.12 bits per heavy atom. The van der Waals surface area contributed by atoms with E-state index in [0.717, 1.165) is 0 Å². The second-order valence-corrected chi connectivity index (χ2v) is 6.67. The molecule has 0 aromatic carbocycles. The molecule has 0 spiro atoms. The molecule has 0 bridgehead atoms. The SMILES string of the molecule is CC(C)(C)CNC(=O)COCCOCCOCCOCCOCC(=O)O. The first-order valence-electron chi connectivity index (χ1n) is 8.68. The molecule has 0 fully saturated rings. The van der Waals surface area contributed by atoms with Gasteiger partial charge in [0.2, 0.25) is 5.91 Å². The zero-order valence-corrected chi connectivity index (χ0v) is 16.1. The summed E-state index contributed by atoms with van der Waals surface area (Å²) in [7, 11) is 0. The molecule has 0 atom stereocenters. The lowest BCUT2D eigenvalue weighted by atomic mass is 9.97. The smallest absolute Gasteiger partial charge is 0.329 e. The van der Waals surface area contributed by atoms with Crippen LogP contribution in [0.5, 0.6) is 0 Å². The van der Waals surface area contributed by atoms with E-state index in [1.54, 1.807) is 0 Å². The third kappa shape index (κ3) is 20.8.